The van der Waals surface area contributed by atoms with E-state index >= 15 is 0 Å². The molecular weight excluding hydrogens is 166 g/mol. The summed E-state index contributed by atoms with van der Waals surface area (Å²) in [7, 11) is 0. The number of thiol groups is 1. The van der Waals surface area contributed by atoms with Gasteiger partial charge in [-0.25, -0.2) is 0 Å². The highest BCUT2D eigenvalue weighted by atomic mass is 35.5. The first-order valence-corrected chi connectivity index (χ1v) is 3.73. The summed E-state index contributed by atoms with van der Waals surface area (Å²) >= 11 is 9.59. The molecule has 0 saturated carbocycles. The second-order valence-electron chi connectivity index (χ2n) is 2.12. The topological polar surface area (TPSA) is 12.0 Å². The van der Waals surface area contributed by atoms with E-state index < -0.39 is 0 Å². The largest absolute Gasteiger partial charge is 0.297 e. The molecule has 54 valence electrons. The Hall–Kier alpha value is -0.340. The molecule has 1 aromatic rings. The fraction of sp³-hybridized carbons (Fsp3) is 0.143. The van der Waals surface area contributed by atoms with Crippen molar-refractivity contribution in [3.63, 3.8) is 0 Å². The summed E-state index contributed by atoms with van der Waals surface area (Å²) in [6, 6.07) is 5.82. The van der Waals surface area contributed by atoms with E-state index in [1.54, 1.807) is 0 Å². The van der Waals surface area contributed by atoms with Gasteiger partial charge in [-0.2, -0.15) is 0 Å². The van der Waals surface area contributed by atoms with E-state index in [1.165, 1.54) is 5.56 Å². The SMILES string of the molecule is Cc1ccc(NCl)c(S)c1. The van der Waals surface area contributed by atoms with Gasteiger partial charge in [0.05, 0.1) is 5.69 Å². The van der Waals surface area contributed by atoms with Crippen molar-refractivity contribution >= 4 is 30.1 Å². The first kappa shape index (κ1) is 7.76. The Labute approximate surface area is 70.9 Å². The summed E-state index contributed by atoms with van der Waals surface area (Å²) in [5, 5.41) is 0. The second-order valence-corrected chi connectivity index (χ2v) is 2.79. The van der Waals surface area contributed by atoms with Crippen LogP contribution in [0.4, 0.5) is 5.69 Å². The maximum atomic E-state index is 5.39. The van der Waals surface area contributed by atoms with Crippen LogP contribution >= 0.6 is 24.4 Å². The highest BCUT2D eigenvalue weighted by Crippen LogP contribution is 2.20. The molecule has 1 rings (SSSR count). The summed E-state index contributed by atoms with van der Waals surface area (Å²) in [4.78, 5) is 3.39. The van der Waals surface area contributed by atoms with Gasteiger partial charge >= 0.3 is 0 Å². The molecule has 0 amide bonds. The maximum absolute atomic E-state index is 5.39. The fourth-order valence-corrected chi connectivity index (χ4v) is 1.29. The Morgan fingerprint density at radius 3 is 2.70 bits per heavy atom. The molecule has 0 heterocycles. The van der Waals surface area contributed by atoms with Crippen LogP contribution in [0.2, 0.25) is 0 Å². The zero-order valence-corrected chi connectivity index (χ0v) is 7.21. The van der Waals surface area contributed by atoms with Gasteiger partial charge in [-0.3, -0.25) is 4.84 Å². The molecule has 1 N–H and O–H groups in total. The molecule has 1 nitrogen and oxygen atoms in total. The normalized spacial score (nSPS) is 9.50. The van der Waals surface area contributed by atoms with Gasteiger partial charge < -0.3 is 0 Å². The lowest BCUT2D eigenvalue weighted by Crippen LogP contribution is -1.82. The first-order chi connectivity index (χ1) is 4.74. The van der Waals surface area contributed by atoms with Gasteiger partial charge in [0.1, 0.15) is 0 Å². The molecule has 10 heavy (non-hydrogen) atoms. The Bertz CT molecular complexity index is 237. The Morgan fingerprint density at radius 1 is 1.50 bits per heavy atom. The molecule has 0 aromatic heterocycles. The molecule has 0 saturated heterocycles. The third-order valence-electron chi connectivity index (χ3n) is 1.26. The lowest BCUT2D eigenvalue weighted by atomic mass is 10.2. The monoisotopic (exact) mass is 173 g/mol. The van der Waals surface area contributed by atoms with Crippen LogP contribution in [0.3, 0.4) is 0 Å². The van der Waals surface area contributed by atoms with Crippen LogP contribution in [0.5, 0.6) is 0 Å². The number of benzene rings is 1. The van der Waals surface area contributed by atoms with Crippen molar-refractivity contribution in [3.05, 3.63) is 23.8 Å². The quantitative estimate of drug-likeness (QED) is 0.492. The number of rotatable bonds is 1. The van der Waals surface area contributed by atoms with Gasteiger partial charge in [0.15, 0.2) is 0 Å². The maximum Gasteiger partial charge on any atom is 0.0625 e. The molecule has 0 unspecified atom stereocenters. The summed E-state index contributed by atoms with van der Waals surface area (Å²) in [5.74, 6) is 0. The Kier molecular flexibility index (Phi) is 2.46. The number of aryl methyl sites for hydroxylation is 1. The van der Waals surface area contributed by atoms with Crippen LogP contribution in [-0.4, -0.2) is 0 Å². The number of halogens is 1. The Morgan fingerprint density at radius 2 is 2.20 bits per heavy atom. The molecular formula is C7H8ClNS. The summed E-state index contributed by atoms with van der Waals surface area (Å²) in [5.41, 5.74) is 2.02. The average molecular weight is 174 g/mol. The summed E-state index contributed by atoms with van der Waals surface area (Å²) < 4.78 is 0. The van der Waals surface area contributed by atoms with Crippen molar-refractivity contribution in [2.45, 2.75) is 11.8 Å². The standard InChI is InChI=1S/C7H8ClNS/c1-5-2-3-6(9-8)7(10)4-5/h2-4,9-10H,1H3. The van der Waals surface area contributed by atoms with E-state index in [-0.39, 0.29) is 0 Å². The van der Waals surface area contributed by atoms with Crippen LogP contribution in [0.1, 0.15) is 5.56 Å². The number of hydrogen-bond acceptors (Lipinski definition) is 2. The van der Waals surface area contributed by atoms with Crippen LogP contribution < -0.4 is 4.84 Å². The van der Waals surface area contributed by atoms with E-state index in [2.05, 4.69) is 17.5 Å². The third-order valence-corrected chi connectivity index (χ3v) is 1.83. The van der Waals surface area contributed by atoms with Crippen molar-refractivity contribution in [1.29, 1.82) is 0 Å². The van der Waals surface area contributed by atoms with Crippen molar-refractivity contribution in [2.75, 3.05) is 4.84 Å². The molecule has 0 radical (unpaired) electrons. The minimum absolute atomic E-state index is 0.843. The van der Waals surface area contributed by atoms with Gasteiger partial charge in [-0.15, -0.1) is 12.6 Å². The number of anilines is 1. The summed E-state index contributed by atoms with van der Waals surface area (Å²) in [6.07, 6.45) is 0. The average Bonchev–Trinajstić information content (AvgIpc) is 1.88. The second kappa shape index (κ2) is 3.17. The van der Waals surface area contributed by atoms with Gasteiger partial charge in [-0.05, 0) is 24.6 Å². The lowest BCUT2D eigenvalue weighted by Gasteiger charge is -2.01. The van der Waals surface area contributed by atoms with E-state index in [4.69, 9.17) is 11.8 Å². The lowest BCUT2D eigenvalue weighted by molar-refractivity contribution is 1.37. The minimum atomic E-state index is 0.843. The predicted molar refractivity (Wildman–Crippen MR) is 47.9 cm³/mol. The van der Waals surface area contributed by atoms with Crippen molar-refractivity contribution < 1.29 is 0 Å². The van der Waals surface area contributed by atoms with E-state index in [0.29, 0.717) is 0 Å². The molecule has 3 heteroatoms. The van der Waals surface area contributed by atoms with Gasteiger partial charge in [0.25, 0.3) is 0 Å². The molecule has 0 atom stereocenters. The predicted octanol–water partition coefficient (Wildman–Crippen LogP) is 2.85. The van der Waals surface area contributed by atoms with Gasteiger partial charge in [0.2, 0.25) is 0 Å². The summed E-state index contributed by atoms with van der Waals surface area (Å²) in [6.45, 7) is 2.01. The van der Waals surface area contributed by atoms with E-state index in [1.807, 2.05) is 25.1 Å². The van der Waals surface area contributed by atoms with Gasteiger partial charge in [0, 0.05) is 16.7 Å². The van der Waals surface area contributed by atoms with Crippen LogP contribution in [0.15, 0.2) is 23.1 Å². The molecule has 0 aliphatic heterocycles. The molecule has 0 bridgehead atoms. The van der Waals surface area contributed by atoms with Crippen LogP contribution in [0.25, 0.3) is 0 Å². The molecule has 1 aromatic carbocycles. The van der Waals surface area contributed by atoms with Crippen LogP contribution in [0, 0.1) is 6.92 Å². The zero-order valence-electron chi connectivity index (χ0n) is 5.56. The van der Waals surface area contributed by atoms with E-state index in [0.717, 1.165) is 10.6 Å². The molecule has 0 spiro atoms. The highest BCUT2D eigenvalue weighted by molar-refractivity contribution is 7.80. The highest BCUT2D eigenvalue weighted by Gasteiger charge is 1.94. The minimum Gasteiger partial charge on any atom is -0.297 e. The third kappa shape index (κ3) is 1.58. The first-order valence-electron chi connectivity index (χ1n) is 2.90. The fourth-order valence-electron chi connectivity index (χ4n) is 0.722. The molecule has 0 aliphatic rings. The Balaban J connectivity index is 3.07. The van der Waals surface area contributed by atoms with Crippen molar-refractivity contribution in [3.8, 4) is 0 Å². The number of hydrogen-bond donors (Lipinski definition) is 2. The number of nitrogens with one attached hydrogen (secondary N) is 1. The van der Waals surface area contributed by atoms with Crippen molar-refractivity contribution in [1.82, 2.24) is 0 Å². The van der Waals surface area contributed by atoms with E-state index in [9.17, 15) is 0 Å². The zero-order chi connectivity index (χ0) is 7.56. The molecule has 0 fully saturated rings. The molecule has 0 aliphatic carbocycles. The van der Waals surface area contributed by atoms with Gasteiger partial charge in [-0.1, -0.05) is 6.07 Å². The smallest absolute Gasteiger partial charge is 0.0625 e. The van der Waals surface area contributed by atoms with Crippen LogP contribution in [-0.2, 0) is 0 Å². The van der Waals surface area contributed by atoms with Crippen molar-refractivity contribution in [2.24, 2.45) is 0 Å².